The van der Waals surface area contributed by atoms with Gasteiger partial charge in [0.15, 0.2) is 5.96 Å². The largest absolute Gasteiger partial charge is 0.356 e. The van der Waals surface area contributed by atoms with E-state index in [0.29, 0.717) is 37.6 Å². The summed E-state index contributed by atoms with van der Waals surface area (Å²) < 4.78 is 28.8. The second kappa shape index (κ2) is 11.5. The fourth-order valence-electron chi connectivity index (χ4n) is 2.90. The Hall–Kier alpha value is -2.49. The van der Waals surface area contributed by atoms with Crippen LogP contribution < -0.4 is 10.6 Å². The predicted molar refractivity (Wildman–Crippen MR) is 121 cm³/mol. The highest BCUT2D eigenvalue weighted by molar-refractivity contribution is 14.0. The van der Waals surface area contributed by atoms with Crippen LogP contribution in [0.15, 0.2) is 65.9 Å². The Kier molecular flexibility index (Phi) is 9.04. The summed E-state index contributed by atoms with van der Waals surface area (Å²) in [5, 5.41) is 10.6. The Labute approximate surface area is 186 Å². The lowest BCUT2D eigenvalue weighted by molar-refractivity contribution is 0.583. The molecule has 0 saturated heterocycles. The first-order valence-corrected chi connectivity index (χ1v) is 9.08. The van der Waals surface area contributed by atoms with Gasteiger partial charge in [-0.1, -0.05) is 24.3 Å². The van der Waals surface area contributed by atoms with Gasteiger partial charge in [-0.05, 0) is 47.4 Å². The van der Waals surface area contributed by atoms with Crippen molar-refractivity contribution in [2.45, 2.75) is 19.5 Å². The number of benzene rings is 2. The summed E-state index contributed by atoms with van der Waals surface area (Å²) in [6, 6.07) is 13.5. The van der Waals surface area contributed by atoms with E-state index in [0.717, 1.165) is 23.3 Å². The van der Waals surface area contributed by atoms with Gasteiger partial charge >= 0.3 is 0 Å². The van der Waals surface area contributed by atoms with Gasteiger partial charge in [0, 0.05) is 32.5 Å². The van der Waals surface area contributed by atoms with E-state index in [9.17, 15) is 8.78 Å². The highest BCUT2D eigenvalue weighted by Gasteiger charge is 2.06. The quantitative estimate of drug-likeness (QED) is 0.289. The zero-order valence-corrected chi connectivity index (χ0v) is 18.4. The van der Waals surface area contributed by atoms with Crippen molar-refractivity contribution in [1.82, 2.24) is 20.4 Å². The highest BCUT2D eigenvalue weighted by Crippen LogP contribution is 2.11. The maximum absolute atomic E-state index is 13.7. The van der Waals surface area contributed by atoms with Crippen molar-refractivity contribution in [1.29, 1.82) is 0 Å². The van der Waals surface area contributed by atoms with E-state index in [1.165, 1.54) is 6.07 Å². The summed E-state index contributed by atoms with van der Waals surface area (Å²) in [6.07, 6.45) is 4.05. The Morgan fingerprint density at radius 1 is 1.03 bits per heavy atom. The SMILES string of the molecule is CN=C(NCCc1cc(F)ccc1F)NCc1ccccc1Cn1cccn1.I. The molecule has 154 valence electrons. The summed E-state index contributed by atoms with van der Waals surface area (Å²) >= 11 is 0. The Balaban J connectivity index is 0.00000300. The van der Waals surface area contributed by atoms with E-state index in [1.54, 1.807) is 13.2 Å². The lowest BCUT2D eigenvalue weighted by Gasteiger charge is -2.14. The van der Waals surface area contributed by atoms with Gasteiger partial charge in [0.25, 0.3) is 0 Å². The number of aromatic nitrogens is 2. The third-order valence-electron chi connectivity index (χ3n) is 4.37. The number of rotatable bonds is 7. The molecule has 0 radical (unpaired) electrons. The zero-order valence-electron chi connectivity index (χ0n) is 16.1. The molecule has 3 rings (SSSR count). The zero-order chi connectivity index (χ0) is 19.8. The van der Waals surface area contributed by atoms with E-state index < -0.39 is 11.6 Å². The molecule has 2 N–H and O–H groups in total. The molecule has 8 heteroatoms. The standard InChI is InChI=1S/C21H23F2N5.HI/c1-24-21(25-11-9-16-13-19(22)7-8-20(16)23)26-14-17-5-2-3-6-18(17)15-28-12-4-10-27-28;/h2-8,10,12-13H,9,11,14-15H2,1H3,(H2,24,25,26);1H. The minimum atomic E-state index is -0.437. The second-order valence-corrected chi connectivity index (χ2v) is 6.31. The van der Waals surface area contributed by atoms with Crippen molar-refractivity contribution in [2.75, 3.05) is 13.6 Å². The van der Waals surface area contributed by atoms with Crippen LogP contribution in [0.5, 0.6) is 0 Å². The van der Waals surface area contributed by atoms with Crippen LogP contribution >= 0.6 is 24.0 Å². The molecule has 29 heavy (non-hydrogen) atoms. The first-order chi connectivity index (χ1) is 13.7. The van der Waals surface area contributed by atoms with Crippen molar-refractivity contribution in [3.63, 3.8) is 0 Å². The van der Waals surface area contributed by atoms with Crippen LogP contribution in [-0.4, -0.2) is 29.3 Å². The van der Waals surface area contributed by atoms with Gasteiger partial charge in [-0.2, -0.15) is 5.10 Å². The number of hydrogen-bond acceptors (Lipinski definition) is 2. The van der Waals surface area contributed by atoms with Crippen LogP contribution in [0.25, 0.3) is 0 Å². The van der Waals surface area contributed by atoms with E-state index in [1.807, 2.05) is 29.1 Å². The van der Waals surface area contributed by atoms with Gasteiger partial charge in [0.1, 0.15) is 11.6 Å². The number of nitrogens with zero attached hydrogens (tertiary/aromatic N) is 3. The van der Waals surface area contributed by atoms with Crippen LogP contribution in [0.3, 0.4) is 0 Å². The molecular formula is C21H24F2IN5. The van der Waals surface area contributed by atoms with Crippen molar-refractivity contribution in [3.05, 3.63) is 89.2 Å². The van der Waals surface area contributed by atoms with Crippen molar-refractivity contribution < 1.29 is 8.78 Å². The van der Waals surface area contributed by atoms with Crippen molar-refractivity contribution in [3.8, 4) is 0 Å². The molecule has 0 atom stereocenters. The van der Waals surface area contributed by atoms with E-state index in [-0.39, 0.29) is 24.0 Å². The number of nitrogens with one attached hydrogen (secondary N) is 2. The van der Waals surface area contributed by atoms with Crippen molar-refractivity contribution >= 4 is 29.9 Å². The molecule has 0 fully saturated rings. The molecule has 1 aromatic heterocycles. The van der Waals surface area contributed by atoms with Gasteiger partial charge in [-0.15, -0.1) is 24.0 Å². The molecule has 0 unspecified atom stereocenters. The van der Waals surface area contributed by atoms with Gasteiger partial charge in [0.05, 0.1) is 6.54 Å². The first kappa shape index (κ1) is 22.8. The molecule has 0 amide bonds. The Bertz CT molecular complexity index is 929. The molecule has 0 aliphatic rings. The highest BCUT2D eigenvalue weighted by atomic mass is 127. The van der Waals surface area contributed by atoms with E-state index in [2.05, 4.69) is 32.9 Å². The molecule has 3 aromatic rings. The maximum atomic E-state index is 13.7. The third kappa shape index (κ3) is 6.81. The van der Waals surface area contributed by atoms with E-state index >= 15 is 0 Å². The van der Waals surface area contributed by atoms with Crippen LogP contribution in [0.2, 0.25) is 0 Å². The summed E-state index contributed by atoms with van der Waals surface area (Å²) in [4.78, 5) is 4.19. The van der Waals surface area contributed by atoms with Crippen LogP contribution in [0.4, 0.5) is 8.78 Å². The van der Waals surface area contributed by atoms with Gasteiger partial charge < -0.3 is 10.6 Å². The average molecular weight is 511 g/mol. The van der Waals surface area contributed by atoms with Crippen LogP contribution in [0, 0.1) is 11.6 Å². The fourth-order valence-corrected chi connectivity index (χ4v) is 2.90. The molecule has 5 nitrogen and oxygen atoms in total. The minimum absolute atomic E-state index is 0. The molecule has 0 bridgehead atoms. The molecule has 0 saturated carbocycles. The predicted octanol–water partition coefficient (Wildman–Crippen LogP) is 3.74. The summed E-state index contributed by atoms with van der Waals surface area (Å²) in [5.74, 6) is -0.239. The maximum Gasteiger partial charge on any atom is 0.191 e. The number of guanidine groups is 1. The number of aliphatic imine (C=N–C) groups is 1. The molecule has 0 aliphatic carbocycles. The lowest BCUT2D eigenvalue weighted by atomic mass is 10.1. The first-order valence-electron chi connectivity index (χ1n) is 9.08. The number of hydrogen-bond donors (Lipinski definition) is 2. The average Bonchev–Trinajstić information content (AvgIpc) is 3.21. The third-order valence-corrected chi connectivity index (χ3v) is 4.37. The summed E-state index contributed by atoms with van der Waals surface area (Å²) in [7, 11) is 1.67. The lowest BCUT2D eigenvalue weighted by Crippen LogP contribution is -2.38. The van der Waals surface area contributed by atoms with Crippen molar-refractivity contribution in [2.24, 2.45) is 4.99 Å². The smallest absolute Gasteiger partial charge is 0.191 e. The van der Waals surface area contributed by atoms with E-state index in [4.69, 9.17) is 0 Å². The Morgan fingerprint density at radius 2 is 1.83 bits per heavy atom. The minimum Gasteiger partial charge on any atom is -0.356 e. The van der Waals surface area contributed by atoms with Crippen LogP contribution in [0.1, 0.15) is 16.7 Å². The van der Waals surface area contributed by atoms with Gasteiger partial charge in [-0.25, -0.2) is 8.78 Å². The molecular weight excluding hydrogens is 487 g/mol. The molecule has 2 aromatic carbocycles. The van der Waals surface area contributed by atoms with Crippen LogP contribution in [-0.2, 0) is 19.5 Å². The van der Waals surface area contributed by atoms with Gasteiger partial charge in [-0.3, -0.25) is 9.67 Å². The monoisotopic (exact) mass is 511 g/mol. The number of halogens is 3. The van der Waals surface area contributed by atoms with Gasteiger partial charge in [0.2, 0.25) is 0 Å². The summed E-state index contributed by atoms with van der Waals surface area (Å²) in [5.41, 5.74) is 2.64. The molecule has 0 spiro atoms. The fraction of sp³-hybridized carbons (Fsp3) is 0.238. The second-order valence-electron chi connectivity index (χ2n) is 6.31. The molecule has 1 heterocycles. The topological polar surface area (TPSA) is 54.2 Å². The molecule has 0 aliphatic heterocycles. The normalized spacial score (nSPS) is 11.1. The summed E-state index contributed by atoms with van der Waals surface area (Å²) in [6.45, 7) is 1.72. The Morgan fingerprint density at radius 3 is 2.55 bits per heavy atom.